The summed E-state index contributed by atoms with van der Waals surface area (Å²) in [4.78, 5) is 25.7. The molecule has 19 heavy (non-hydrogen) atoms. The van der Waals surface area contributed by atoms with Gasteiger partial charge in [0.2, 0.25) is 0 Å². The van der Waals surface area contributed by atoms with Crippen LogP contribution in [-0.2, 0) is 6.54 Å². The largest absolute Gasteiger partial charge is 0.490 e. The molecule has 1 heterocycles. The van der Waals surface area contributed by atoms with E-state index in [4.69, 9.17) is 4.74 Å². The van der Waals surface area contributed by atoms with Gasteiger partial charge in [0.05, 0.1) is 24.9 Å². The summed E-state index contributed by atoms with van der Waals surface area (Å²) in [6, 6.07) is 5.90. The summed E-state index contributed by atoms with van der Waals surface area (Å²) in [5.74, 6) is 0.187. The first-order valence-electron chi connectivity index (χ1n) is 5.43. The highest BCUT2D eigenvalue weighted by molar-refractivity contribution is 5.48. The second kappa shape index (κ2) is 5.30. The number of methoxy groups -OCH3 is 1. The molecule has 0 spiro atoms. The molecule has 0 saturated heterocycles. The number of hydrogen-bond donors (Lipinski definition) is 0. The molecule has 0 bridgehead atoms. The fourth-order valence-electron chi connectivity index (χ4n) is 1.67. The average molecular weight is 261 g/mol. The lowest BCUT2D eigenvalue weighted by Crippen LogP contribution is -2.19. The number of nitro benzene ring substituents is 1. The Labute approximate surface area is 108 Å². The Balaban J connectivity index is 2.37. The van der Waals surface area contributed by atoms with E-state index in [0.29, 0.717) is 5.56 Å². The summed E-state index contributed by atoms with van der Waals surface area (Å²) in [5, 5.41) is 10.9. The van der Waals surface area contributed by atoms with Crippen molar-refractivity contribution >= 4 is 5.69 Å². The lowest BCUT2D eigenvalue weighted by atomic mass is 10.2. The van der Waals surface area contributed by atoms with Crippen LogP contribution in [0, 0.1) is 10.1 Å². The third-order valence-electron chi connectivity index (χ3n) is 2.59. The maximum atomic E-state index is 11.5. The molecule has 2 aromatic rings. The highest BCUT2D eigenvalue weighted by Crippen LogP contribution is 2.27. The van der Waals surface area contributed by atoms with E-state index in [2.05, 4.69) is 4.98 Å². The molecule has 0 aliphatic rings. The van der Waals surface area contributed by atoms with Crippen LogP contribution in [0.1, 0.15) is 5.56 Å². The minimum atomic E-state index is -0.519. The van der Waals surface area contributed by atoms with Crippen molar-refractivity contribution in [3.05, 3.63) is 62.8 Å². The molecular weight excluding hydrogens is 250 g/mol. The molecule has 0 radical (unpaired) electrons. The van der Waals surface area contributed by atoms with Gasteiger partial charge in [-0.15, -0.1) is 0 Å². The van der Waals surface area contributed by atoms with Crippen LogP contribution in [0.2, 0.25) is 0 Å². The van der Waals surface area contributed by atoms with Crippen LogP contribution in [0.4, 0.5) is 5.69 Å². The fourth-order valence-corrected chi connectivity index (χ4v) is 1.67. The van der Waals surface area contributed by atoms with Gasteiger partial charge in [-0.1, -0.05) is 6.07 Å². The summed E-state index contributed by atoms with van der Waals surface area (Å²) in [6.07, 6.45) is 2.79. The third-order valence-corrected chi connectivity index (χ3v) is 2.59. The highest BCUT2D eigenvalue weighted by Gasteiger charge is 2.15. The topological polar surface area (TPSA) is 87.3 Å². The van der Waals surface area contributed by atoms with Crippen molar-refractivity contribution in [2.75, 3.05) is 7.11 Å². The number of benzene rings is 1. The minimum absolute atomic E-state index is 0.128. The fraction of sp³-hybridized carbons (Fsp3) is 0.167. The van der Waals surface area contributed by atoms with Crippen LogP contribution < -0.4 is 10.3 Å². The number of ether oxygens (including phenoxy) is 1. The molecule has 0 saturated carbocycles. The molecule has 1 aromatic heterocycles. The summed E-state index contributed by atoms with van der Waals surface area (Å²) in [6.45, 7) is 0.220. The maximum Gasteiger partial charge on any atom is 0.311 e. The quantitative estimate of drug-likeness (QED) is 0.609. The van der Waals surface area contributed by atoms with Crippen molar-refractivity contribution < 1.29 is 9.66 Å². The van der Waals surface area contributed by atoms with Crippen molar-refractivity contribution in [1.82, 2.24) is 9.55 Å². The van der Waals surface area contributed by atoms with Gasteiger partial charge in [0.1, 0.15) is 0 Å². The molecule has 0 atom stereocenters. The second-order valence-corrected chi connectivity index (χ2v) is 3.81. The first-order chi connectivity index (χ1) is 9.11. The number of nitro groups is 1. The van der Waals surface area contributed by atoms with E-state index in [-0.39, 0.29) is 23.5 Å². The summed E-state index contributed by atoms with van der Waals surface area (Å²) < 4.78 is 6.28. The Hall–Kier alpha value is -2.70. The summed E-state index contributed by atoms with van der Waals surface area (Å²) >= 11 is 0. The second-order valence-electron chi connectivity index (χ2n) is 3.81. The van der Waals surface area contributed by atoms with E-state index < -0.39 is 4.92 Å². The molecule has 7 heteroatoms. The zero-order chi connectivity index (χ0) is 13.8. The highest BCUT2D eigenvalue weighted by atomic mass is 16.6. The van der Waals surface area contributed by atoms with Gasteiger partial charge < -0.3 is 4.74 Å². The van der Waals surface area contributed by atoms with Gasteiger partial charge in [-0.2, -0.15) is 0 Å². The predicted molar refractivity (Wildman–Crippen MR) is 67.2 cm³/mol. The van der Waals surface area contributed by atoms with Crippen LogP contribution >= 0.6 is 0 Å². The molecule has 0 fully saturated rings. The van der Waals surface area contributed by atoms with Crippen LogP contribution in [0.15, 0.2) is 41.6 Å². The van der Waals surface area contributed by atoms with Gasteiger partial charge in [0, 0.05) is 18.3 Å². The monoisotopic (exact) mass is 261 g/mol. The van der Waals surface area contributed by atoms with Crippen molar-refractivity contribution in [1.29, 1.82) is 0 Å². The standard InChI is InChI=1S/C12H11N3O4/c1-19-11-3-2-9(6-10(11)15(17)18)7-14-8-13-5-4-12(14)16/h2-6,8H,7H2,1H3. The van der Waals surface area contributed by atoms with E-state index in [1.54, 1.807) is 6.07 Å². The van der Waals surface area contributed by atoms with Crippen LogP contribution in [0.5, 0.6) is 5.75 Å². The van der Waals surface area contributed by atoms with Crippen LogP contribution in [0.25, 0.3) is 0 Å². The molecule has 0 amide bonds. The first kappa shape index (κ1) is 12.7. The summed E-state index contributed by atoms with van der Waals surface area (Å²) in [5.41, 5.74) is 0.285. The lowest BCUT2D eigenvalue weighted by Gasteiger charge is -2.06. The van der Waals surface area contributed by atoms with Gasteiger partial charge >= 0.3 is 5.69 Å². The minimum Gasteiger partial charge on any atom is -0.490 e. The lowest BCUT2D eigenvalue weighted by molar-refractivity contribution is -0.385. The number of aromatic nitrogens is 2. The zero-order valence-electron chi connectivity index (χ0n) is 10.1. The Morgan fingerprint density at radius 3 is 2.84 bits per heavy atom. The van der Waals surface area contributed by atoms with Crippen molar-refractivity contribution in [2.45, 2.75) is 6.54 Å². The van der Waals surface area contributed by atoms with Gasteiger partial charge in [-0.25, -0.2) is 4.98 Å². The molecule has 0 unspecified atom stereocenters. The van der Waals surface area contributed by atoms with Gasteiger partial charge in [-0.05, 0) is 11.6 Å². The number of rotatable bonds is 4. The van der Waals surface area contributed by atoms with E-state index in [9.17, 15) is 14.9 Å². The first-order valence-corrected chi connectivity index (χ1v) is 5.43. The van der Waals surface area contributed by atoms with Crippen molar-refractivity contribution in [3.63, 3.8) is 0 Å². The number of hydrogen-bond acceptors (Lipinski definition) is 5. The smallest absolute Gasteiger partial charge is 0.311 e. The van der Waals surface area contributed by atoms with Crippen LogP contribution in [0.3, 0.4) is 0 Å². The predicted octanol–water partition coefficient (Wildman–Crippen LogP) is 1.21. The van der Waals surface area contributed by atoms with Crippen LogP contribution in [-0.4, -0.2) is 21.6 Å². The molecule has 0 aliphatic carbocycles. The summed E-state index contributed by atoms with van der Waals surface area (Å²) in [7, 11) is 1.37. The van der Waals surface area contributed by atoms with E-state index in [0.717, 1.165) is 0 Å². The Morgan fingerprint density at radius 1 is 1.42 bits per heavy atom. The van der Waals surface area contributed by atoms with Gasteiger partial charge in [-0.3, -0.25) is 19.5 Å². The zero-order valence-corrected chi connectivity index (χ0v) is 10.1. The molecule has 7 nitrogen and oxygen atoms in total. The molecule has 1 aromatic carbocycles. The van der Waals surface area contributed by atoms with E-state index in [1.165, 1.54) is 42.4 Å². The maximum absolute atomic E-state index is 11.5. The Morgan fingerprint density at radius 2 is 2.21 bits per heavy atom. The average Bonchev–Trinajstić information content (AvgIpc) is 2.41. The molecule has 0 N–H and O–H groups in total. The Bertz CT molecular complexity index is 666. The van der Waals surface area contributed by atoms with Gasteiger partial charge in [0.25, 0.3) is 5.56 Å². The third kappa shape index (κ3) is 2.76. The normalized spacial score (nSPS) is 10.2. The number of nitrogens with zero attached hydrogens (tertiary/aromatic N) is 3. The van der Waals surface area contributed by atoms with E-state index in [1.807, 2.05) is 0 Å². The molecule has 2 rings (SSSR count). The molecular formula is C12H11N3O4. The van der Waals surface area contributed by atoms with Gasteiger partial charge in [0.15, 0.2) is 5.75 Å². The molecule has 98 valence electrons. The van der Waals surface area contributed by atoms with Crippen molar-refractivity contribution in [2.24, 2.45) is 0 Å². The Kier molecular flexibility index (Phi) is 3.56. The molecule has 0 aliphatic heterocycles. The van der Waals surface area contributed by atoms with E-state index >= 15 is 0 Å². The van der Waals surface area contributed by atoms with Crippen molar-refractivity contribution in [3.8, 4) is 5.75 Å². The SMILES string of the molecule is COc1ccc(Cn2cnccc2=O)cc1[N+](=O)[O-].